The fourth-order valence-electron chi connectivity index (χ4n) is 1.53. The molecule has 0 aromatic carbocycles. The highest BCUT2D eigenvalue weighted by atomic mass is 19.1. The minimum Gasteiger partial charge on any atom is -0.394 e. The molecule has 2 atom stereocenters. The van der Waals surface area contributed by atoms with Crippen molar-refractivity contribution in [1.29, 1.82) is 0 Å². The summed E-state index contributed by atoms with van der Waals surface area (Å²) in [4.78, 5) is 0. The van der Waals surface area contributed by atoms with Gasteiger partial charge in [0.2, 0.25) is 0 Å². The summed E-state index contributed by atoms with van der Waals surface area (Å²) in [5, 5.41) is 18.2. The molecule has 0 aromatic heterocycles. The minimum absolute atomic E-state index is 0.260. The smallest absolute Gasteiger partial charge is 0.105 e. The van der Waals surface area contributed by atoms with E-state index in [0.29, 0.717) is 12.8 Å². The van der Waals surface area contributed by atoms with E-state index >= 15 is 0 Å². The number of aliphatic hydroxyl groups excluding tert-OH is 2. The Morgan fingerprint density at radius 2 is 2.00 bits per heavy atom. The summed E-state index contributed by atoms with van der Waals surface area (Å²) < 4.78 is 12.2. The molecule has 1 unspecified atom stereocenters. The van der Waals surface area contributed by atoms with Crippen LogP contribution in [0.25, 0.3) is 0 Å². The average Bonchev–Trinajstić information content (AvgIpc) is 2.35. The molecule has 4 heteroatoms. The molecule has 0 heterocycles. The fraction of sp³-hybridized carbons (Fsp3) is 0.571. The Labute approximate surface area is 109 Å². The molecule has 4 N–H and O–H groups in total. The number of hydrogen-bond acceptors (Lipinski definition) is 3. The van der Waals surface area contributed by atoms with Crippen LogP contribution in [0.4, 0.5) is 4.39 Å². The second-order valence-corrected chi connectivity index (χ2v) is 4.41. The number of hydrogen-bond donors (Lipinski definition) is 3. The molecule has 0 aliphatic heterocycles. The van der Waals surface area contributed by atoms with E-state index in [2.05, 4.69) is 0 Å². The van der Waals surface area contributed by atoms with Gasteiger partial charge in [0.15, 0.2) is 0 Å². The van der Waals surface area contributed by atoms with Crippen LogP contribution in [0.15, 0.2) is 35.5 Å². The van der Waals surface area contributed by atoms with Crippen LogP contribution in [0.3, 0.4) is 0 Å². The van der Waals surface area contributed by atoms with Gasteiger partial charge in [-0.15, -0.1) is 0 Å². The summed E-state index contributed by atoms with van der Waals surface area (Å²) in [5.74, 6) is 0. The van der Waals surface area contributed by atoms with Crippen molar-refractivity contribution >= 4 is 0 Å². The van der Waals surface area contributed by atoms with Crippen LogP contribution in [0, 0.1) is 0 Å². The van der Waals surface area contributed by atoms with Crippen molar-refractivity contribution in [3.63, 3.8) is 0 Å². The zero-order valence-electron chi connectivity index (χ0n) is 11.1. The molecule has 104 valence electrons. The van der Waals surface area contributed by atoms with Gasteiger partial charge in [-0.05, 0) is 25.8 Å². The molecule has 0 aliphatic carbocycles. The molecular formula is C14H24FNO2. The number of alkyl halides is 1. The summed E-state index contributed by atoms with van der Waals surface area (Å²) in [6, 6.07) is -0.456. The molecule has 0 rings (SSSR count). The molecule has 0 amide bonds. The molecule has 0 aromatic rings. The highest BCUT2D eigenvalue weighted by Crippen LogP contribution is 2.10. The minimum atomic E-state index is -0.755. The van der Waals surface area contributed by atoms with Gasteiger partial charge in [0.25, 0.3) is 0 Å². The van der Waals surface area contributed by atoms with E-state index in [9.17, 15) is 9.50 Å². The highest BCUT2D eigenvalue weighted by Gasteiger charge is 2.04. The van der Waals surface area contributed by atoms with Crippen molar-refractivity contribution in [2.45, 2.75) is 38.8 Å². The van der Waals surface area contributed by atoms with Gasteiger partial charge in [0.1, 0.15) is 6.67 Å². The predicted molar refractivity (Wildman–Crippen MR) is 72.9 cm³/mol. The van der Waals surface area contributed by atoms with Crippen LogP contribution < -0.4 is 5.73 Å². The van der Waals surface area contributed by atoms with Crippen LogP contribution in [0.1, 0.15) is 26.7 Å². The summed E-state index contributed by atoms with van der Waals surface area (Å²) in [5.41, 5.74) is 7.41. The number of aliphatic hydroxyl groups is 2. The topological polar surface area (TPSA) is 66.5 Å². The maximum absolute atomic E-state index is 12.2. The second-order valence-electron chi connectivity index (χ2n) is 4.41. The normalized spacial score (nSPS) is 17.2. The molecule has 18 heavy (non-hydrogen) atoms. The molecule has 0 spiro atoms. The lowest BCUT2D eigenvalue weighted by Crippen LogP contribution is -2.22. The predicted octanol–water partition coefficient (Wildman–Crippen LogP) is 1.87. The maximum Gasteiger partial charge on any atom is 0.105 e. The molecule has 3 nitrogen and oxygen atoms in total. The van der Waals surface area contributed by atoms with Gasteiger partial charge in [0, 0.05) is 12.5 Å². The molecule has 0 radical (unpaired) electrons. The largest absolute Gasteiger partial charge is 0.394 e. The molecule has 0 saturated heterocycles. The Bertz CT molecular complexity index is 311. The van der Waals surface area contributed by atoms with E-state index < -0.39 is 18.8 Å². The van der Waals surface area contributed by atoms with Crippen LogP contribution in [-0.4, -0.2) is 35.6 Å². The van der Waals surface area contributed by atoms with Gasteiger partial charge in [-0.3, -0.25) is 0 Å². The monoisotopic (exact) mass is 257 g/mol. The number of nitrogens with two attached hydrogens (primary N) is 1. The van der Waals surface area contributed by atoms with E-state index in [1.807, 2.05) is 38.2 Å². The van der Waals surface area contributed by atoms with Gasteiger partial charge in [0.05, 0.1) is 12.7 Å². The zero-order valence-corrected chi connectivity index (χ0v) is 11.1. The van der Waals surface area contributed by atoms with Crippen molar-refractivity contribution in [1.82, 2.24) is 0 Å². The molecule has 0 fully saturated rings. The van der Waals surface area contributed by atoms with Gasteiger partial charge >= 0.3 is 0 Å². The molecule has 0 bridgehead atoms. The summed E-state index contributed by atoms with van der Waals surface area (Å²) >= 11 is 0. The lowest BCUT2D eigenvalue weighted by Gasteiger charge is -2.08. The maximum atomic E-state index is 12.2. The quantitative estimate of drug-likeness (QED) is 0.581. The van der Waals surface area contributed by atoms with Crippen molar-refractivity contribution < 1.29 is 14.6 Å². The third kappa shape index (κ3) is 8.17. The Balaban J connectivity index is 4.59. The van der Waals surface area contributed by atoms with E-state index in [4.69, 9.17) is 10.8 Å². The molecule has 0 saturated carbocycles. The van der Waals surface area contributed by atoms with Crippen molar-refractivity contribution in [3.05, 3.63) is 35.5 Å². The first-order chi connectivity index (χ1) is 8.53. The van der Waals surface area contributed by atoms with Gasteiger partial charge in [-0.25, -0.2) is 4.39 Å². The first-order valence-corrected chi connectivity index (χ1v) is 6.13. The molecular weight excluding hydrogens is 233 g/mol. The van der Waals surface area contributed by atoms with Crippen LogP contribution in [-0.2, 0) is 0 Å². The van der Waals surface area contributed by atoms with Gasteiger partial charge in [-0.2, -0.15) is 0 Å². The van der Waals surface area contributed by atoms with Crippen molar-refractivity contribution in [3.8, 4) is 0 Å². The van der Waals surface area contributed by atoms with Gasteiger partial charge < -0.3 is 15.9 Å². The summed E-state index contributed by atoms with van der Waals surface area (Å²) in [6.07, 6.45) is 7.62. The average molecular weight is 257 g/mol. The Morgan fingerprint density at radius 3 is 2.50 bits per heavy atom. The zero-order chi connectivity index (χ0) is 14.0. The number of allylic oxidation sites excluding steroid dienone is 4. The second kappa shape index (κ2) is 10.00. The van der Waals surface area contributed by atoms with Crippen LogP contribution in [0.5, 0.6) is 0 Å². The fourth-order valence-corrected chi connectivity index (χ4v) is 1.53. The Morgan fingerprint density at radius 1 is 1.33 bits per heavy atom. The lowest BCUT2D eigenvalue weighted by atomic mass is 10.0. The van der Waals surface area contributed by atoms with Crippen LogP contribution >= 0.6 is 0 Å². The van der Waals surface area contributed by atoms with E-state index in [-0.39, 0.29) is 6.61 Å². The first-order valence-electron chi connectivity index (χ1n) is 6.13. The third-order valence-corrected chi connectivity index (χ3v) is 2.43. The highest BCUT2D eigenvalue weighted by molar-refractivity contribution is 5.26. The number of halogens is 1. The van der Waals surface area contributed by atoms with E-state index in [1.54, 1.807) is 0 Å². The third-order valence-electron chi connectivity index (χ3n) is 2.43. The SMILES string of the molecule is C\C=C/C(=C\C=C(/C)C[C@H](N)CF)CC(O)CO. The molecule has 0 aliphatic rings. The van der Waals surface area contributed by atoms with Crippen molar-refractivity contribution in [2.24, 2.45) is 5.73 Å². The lowest BCUT2D eigenvalue weighted by molar-refractivity contribution is 0.0961. The first kappa shape index (κ1) is 17.0. The summed E-state index contributed by atoms with van der Waals surface area (Å²) in [7, 11) is 0. The number of rotatable bonds is 8. The Hall–Kier alpha value is -0.970. The summed E-state index contributed by atoms with van der Waals surface area (Å²) in [6.45, 7) is 2.99. The van der Waals surface area contributed by atoms with Crippen LogP contribution in [0.2, 0.25) is 0 Å². The Kier molecular flexibility index (Phi) is 9.46. The van der Waals surface area contributed by atoms with E-state index in [1.165, 1.54) is 0 Å². The van der Waals surface area contributed by atoms with Crippen molar-refractivity contribution in [2.75, 3.05) is 13.3 Å². The van der Waals surface area contributed by atoms with E-state index in [0.717, 1.165) is 11.1 Å². The van der Waals surface area contributed by atoms with Gasteiger partial charge in [-0.1, -0.05) is 29.9 Å². The standard InChI is InChI=1S/C14H24FNO2/c1-3-4-12(8-14(18)10-17)6-5-11(2)7-13(16)9-15/h3-6,13-14,17-18H,7-10,16H2,1-2H3/b4-3-,11-5+,12-6+/t13-,14?/m0/s1.